The molecule has 0 spiro atoms. The lowest BCUT2D eigenvalue weighted by molar-refractivity contribution is 0.0528. The van der Waals surface area contributed by atoms with Gasteiger partial charge in [0, 0.05) is 0 Å². The van der Waals surface area contributed by atoms with Gasteiger partial charge in [0.15, 0.2) is 0 Å². The average molecular weight is 172 g/mol. The Morgan fingerprint density at radius 2 is 1.50 bits per heavy atom. The molecule has 0 heterocycles. The van der Waals surface area contributed by atoms with Crippen molar-refractivity contribution >= 4 is 0 Å². The number of hydrogen-bond acceptors (Lipinski definition) is 1. The third-order valence-electron chi connectivity index (χ3n) is 2.20. The molecule has 0 rings (SSSR count). The molecule has 12 heavy (non-hydrogen) atoms. The molecule has 0 fully saturated rings. The summed E-state index contributed by atoms with van der Waals surface area (Å²) < 4.78 is 0. The summed E-state index contributed by atoms with van der Waals surface area (Å²) in [6.07, 6.45) is 0.941. The Hall–Kier alpha value is -0.0400. The second-order valence-corrected chi connectivity index (χ2v) is 5.48. The highest BCUT2D eigenvalue weighted by Crippen LogP contribution is 2.28. The molecule has 0 aliphatic rings. The Labute approximate surface area is 77.2 Å². The molecule has 2 atom stereocenters. The fourth-order valence-corrected chi connectivity index (χ4v) is 1.74. The number of aliphatic hydroxyl groups excluding tert-OH is 1. The van der Waals surface area contributed by atoms with Crippen LogP contribution in [0.3, 0.4) is 0 Å². The summed E-state index contributed by atoms with van der Waals surface area (Å²) in [6.45, 7) is 12.9. The Morgan fingerprint density at radius 3 is 1.75 bits per heavy atom. The lowest BCUT2D eigenvalue weighted by Gasteiger charge is -2.28. The zero-order valence-electron chi connectivity index (χ0n) is 9.39. The topological polar surface area (TPSA) is 20.2 Å². The van der Waals surface area contributed by atoms with Crippen LogP contribution in [0.5, 0.6) is 0 Å². The van der Waals surface area contributed by atoms with E-state index in [-0.39, 0.29) is 6.10 Å². The van der Waals surface area contributed by atoms with E-state index in [0.29, 0.717) is 17.3 Å². The van der Waals surface area contributed by atoms with Crippen LogP contribution in [0.2, 0.25) is 0 Å². The quantitative estimate of drug-likeness (QED) is 0.693. The van der Waals surface area contributed by atoms with E-state index in [2.05, 4.69) is 41.5 Å². The lowest BCUT2D eigenvalue weighted by Crippen LogP contribution is -2.27. The van der Waals surface area contributed by atoms with Crippen LogP contribution in [0.25, 0.3) is 0 Å². The van der Waals surface area contributed by atoms with Crippen molar-refractivity contribution in [2.45, 2.75) is 54.1 Å². The number of rotatable bonds is 3. The second-order valence-electron chi connectivity index (χ2n) is 5.48. The summed E-state index contributed by atoms with van der Waals surface area (Å²) in [5.41, 5.74) is 0.329. The van der Waals surface area contributed by atoms with E-state index < -0.39 is 0 Å². The fourth-order valence-electron chi connectivity index (χ4n) is 1.74. The summed E-state index contributed by atoms with van der Waals surface area (Å²) in [5, 5.41) is 9.76. The van der Waals surface area contributed by atoms with Gasteiger partial charge in [-0.15, -0.1) is 0 Å². The summed E-state index contributed by atoms with van der Waals surface area (Å²) in [5.74, 6) is 0.785. The van der Waals surface area contributed by atoms with Gasteiger partial charge in [-0.3, -0.25) is 0 Å². The molecule has 1 N–H and O–H groups in total. The fraction of sp³-hybridized carbons (Fsp3) is 1.00. The SMILES string of the molecule is CC(C)C(O)C(C)CC(C)(C)C. The first-order chi connectivity index (χ1) is 5.24. The maximum atomic E-state index is 9.76. The predicted molar refractivity (Wildman–Crippen MR) is 54.1 cm³/mol. The molecule has 2 unspecified atom stereocenters. The van der Waals surface area contributed by atoms with E-state index >= 15 is 0 Å². The summed E-state index contributed by atoms with van der Waals surface area (Å²) in [4.78, 5) is 0. The van der Waals surface area contributed by atoms with Gasteiger partial charge >= 0.3 is 0 Å². The van der Waals surface area contributed by atoms with Crippen LogP contribution in [0.1, 0.15) is 48.0 Å². The minimum atomic E-state index is -0.149. The molecule has 0 aromatic rings. The zero-order chi connectivity index (χ0) is 9.94. The highest BCUT2D eigenvalue weighted by molar-refractivity contribution is 4.73. The van der Waals surface area contributed by atoms with Crippen LogP contribution in [0.4, 0.5) is 0 Å². The third kappa shape index (κ3) is 4.76. The van der Waals surface area contributed by atoms with Gasteiger partial charge in [0.1, 0.15) is 0 Å². The molecule has 0 bridgehead atoms. The molecule has 0 amide bonds. The van der Waals surface area contributed by atoms with Crippen molar-refractivity contribution in [3.05, 3.63) is 0 Å². The standard InChI is InChI=1S/C11H24O/c1-8(2)10(12)9(3)7-11(4,5)6/h8-10,12H,7H2,1-6H3. The third-order valence-corrected chi connectivity index (χ3v) is 2.20. The summed E-state index contributed by atoms with van der Waals surface area (Å²) in [7, 11) is 0. The van der Waals surface area contributed by atoms with Crippen LogP contribution in [0, 0.1) is 17.3 Å². The molecule has 0 aromatic carbocycles. The van der Waals surface area contributed by atoms with Crippen LogP contribution in [0.15, 0.2) is 0 Å². The van der Waals surface area contributed by atoms with E-state index in [1.807, 2.05) is 0 Å². The van der Waals surface area contributed by atoms with Gasteiger partial charge in [-0.1, -0.05) is 41.5 Å². The number of aliphatic hydroxyl groups is 1. The van der Waals surface area contributed by atoms with Crippen molar-refractivity contribution in [3.63, 3.8) is 0 Å². The van der Waals surface area contributed by atoms with Gasteiger partial charge in [0.25, 0.3) is 0 Å². The first-order valence-corrected chi connectivity index (χ1v) is 4.92. The molecular formula is C11H24O. The smallest absolute Gasteiger partial charge is 0.0588 e. The molecule has 0 aromatic heterocycles. The summed E-state index contributed by atoms with van der Waals surface area (Å²) >= 11 is 0. The Balaban J connectivity index is 3.95. The minimum Gasteiger partial charge on any atom is -0.393 e. The van der Waals surface area contributed by atoms with Crippen molar-refractivity contribution in [1.29, 1.82) is 0 Å². The second kappa shape index (κ2) is 4.27. The zero-order valence-corrected chi connectivity index (χ0v) is 9.39. The van der Waals surface area contributed by atoms with Crippen molar-refractivity contribution in [2.75, 3.05) is 0 Å². The molecule has 1 heteroatoms. The van der Waals surface area contributed by atoms with Gasteiger partial charge in [0.05, 0.1) is 6.10 Å². The van der Waals surface area contributed by atoms with Gasteiger partial charge in [-0.2, -0.15) is 0 Å². The minimum absolute atomic E-state index is 0.149. The lowest BCUT2D eigenvalue weighted by atomic mass is 9.81. The van der Waals surface area contributed by atoms with Gasteiger partial charge in [-0.25, -0.2) is 0 Å². The Bertz CT molecular complexity index is 121. The van der Waals surface area contributed by atoms with Crippen LogP contribution in [-0.4, -0.2) is 11.2 Å². The highest BCUT2D eigenvalue weighted by Gasteiger charge is 2.22. The molecule has 0 aliphatic carbocycles. The largest absolute Gasteiger partial charge is 0.393 e. The van der Waals surface area contributed by atoms with Crippen molar-refractivity contribution in [3.8, 4) is 0 Å². The Kier molecular flexibility index (Phi) is 4.25. The molecule has 0 saturated heterocycles. The first-order valence-electron chi connectivity index (χ1n) is 4.92. The molecule has 0 radical (unpaired) electrons. The highest BCUT2D eigenvalue weighted by atomic mass is 16.3. The van der Waals surface area contributed by atoms with E-state index in [9.17, 15) is 5.11 Å². The van der Waals surface area contributed by atoms with Crippen molar-refractivity contribution in [2.24, 2.45) is 17.3 Å². The normalized spacial score (nSPS) is 18.0. The summed E-state index contributed by atoms with van der Waals surface area (Å²) in [6, 6.07) is 0. The predicted octanol–water partition coefficient (Wildman–Crippen LogP) is 3.08. The Morgan fingerprint density at radius 1 is 1.08 bits per heavy atom. The maximum Gasteiger partial charge on any atom is 0.0588 e. The molecule has 0 aliphatic heterocycles. The monoisotopic (exact) mass is 172 g/mol. The van der Waals surface area contributed by atoms with Crippen LogP contribution >= 0.6 is 0 Å². The van der Waals surface area contributed by atoms with Gasteiger partial charge < -0.3 is 5.11 Å². The van der Waals surface area contributed by atoms with Crippen LogP contribution in [-0.2, 0) is 0 Å². The number of hydrogen-bond donors (Lipinski definition) is 1. The molecular weight excluding hydrogens is 148 g/mol. The van der Waals surface area contributed by atoms with E-state index in [1.54, 1.807) is 0 Å². The van der Waals surface area contributed by atoms with E-state index in [4.69, 9.17) is 0 Å². The van der Waals surface area contributed by atoms with E-state index in [0.717, 1.165) is 6.42 Å². The average Bonchev–Trinajstić information content (AvgIpc) is 1.82. The molecule has 74 valence electrons. The van der Waals surface area contributed by atoms with Gasteiger partial charge in [0.2, 0.25) is 0 Å². The maximum absolute atomic E-state index is 9.76. The van der Waals surface area contributed by atoms with E-state index in [1.165, 1.54) is 0 Å². The van der Waals surface area contributed by atoms with Crippen molar-refractivity contribution in [1.82, 2.24) is 0 Å². The van der Waals surface area contributed by atoms with Crippen molar-refractivity contribution < 1.29 is 5.11 Å². The molecule has 1 nitrogen and oxygen atoms in total. The molecule has 0 saturated carbocycles. The first kappa shape index (κ1) is 12.0. The van der Waals surface area contributed by atoms with Gasteiger partial charge in [-0.05, 0) is 23.7 Å². The van der Waals surface area contributed by atoms with Crippen LogP contribution < -0.4 is 0 Å².